The van der Waals surface area contributed by atoms with Crippen molar-refractivity contribution in [1.29, 1.82) is 5.26 Å². The Morgan fingerprint density at radius 1 is 1.19 bits per heavy atom. The van der Waals surface area contributed by atoms with Gasteiger partial charge in [-0.15, -0.1) is 0 Å². The summed E-state index contributed by atoms with van der Waals surface area (Å²) in [5, 5.41) is 11.7. The fourth-order valence-electron chi connectivity index (χ4n) is 2.66. The van der Waals surface area contributed by atoms with Gasteiger partial charge in [-0.3, -0.25) is 9.10 Å². The zero-order chi connectivity index (χ0) is 19.3. The number of rotatable bonds is 6. The van der Waals surface area contributed by atoms with Crippen molar-refractivity contribution in [3.8, 4) is 6.07 Å². The number of carbonyl (C=O) groups excluding carboxylic acids is 1. The van der Waals surface area contributed by atoms with Crippen molar-refractivity contribution in [3.63, 3.8) is 0 Å². The highest BCUT2D eigenvalue weighted by Crippen LogP contribution is 2.24. The van der Waals surface area contributed by atoms with Gasteiger partial charge < -0.3 is 5.32 Å². The van der Waals surface area contributed by atoms with Crippen molar-refractivity contribution in [2.24, 2.45) is 0 Å². The Morgan fingerprint density at radius 2 is 1.88 bits per heavy atom. The molecule has 0 aliphatic heterocycles. The Morgan fingerprint density at radius 3 is 2.50 bits per heavy atom. The predicted molar refractivity (Wildman–Crippen MR) is 103 cm³/mol. The Hall–Kier alpha value is -2.85. The molecule has 0 aromatic heterocycles. The zero-order valence-electron chi connectivity index (χ0n) is 15.0. The van der Waals surface area contributed by atoms with Crippen LogP contribution in [0.15, 0.2) is 42.5 Å². The molecule has 0 saturated carbocycles. The molecule has 0 atom stereocenters. The van der Waals surface area contributed by atoms with E-state index in [1.807, 2.05) is 32.0 Å². The van der Waals surface area contributed by atoms with E-state index in [-0.39, 0.29) is 18.9 Å². The first kappa shape index (κ1) is 19.5. The normalized spacial score (nSPS) is 10.8. The van der Waals surface area contributed by atoms with Gasteiger partial charge in [-0.2, -0.15) is 5.26 Å². The molecule has 26 heavy (non-hydrogen) atoms. The van der Waals surface area contributed by atoms with Crippen molar-refractivity contribution in [2.75, 3.05) is 22.4 Å². The van der Waals surface area contributed by atoms with E-state index < -0.39 is 10.0 Å². The summed E-state index contributed by atoms with van der Waals surface area (Å²) in [6, 6.07) is 14.2. The lowest BCUT2D eigenvalue weighted by atomic mass is 10.1. The molecule has 2 rings (SSSR count). The van der Waals surface area contributed by atoms with E-state index in [1.54, 1.807) is 30.3 Å². The fraction of sp³-hybridized carbons (Fsp3) is 0.263. The van der Waals surface area contributed by atoms with Gasteiger partial charge in [-0.25, -0.2) is 8.42 Å². The van der Waals surface area contributed by atoms with Gasteiger partial charge in [0.25, 0.3) is 0 Å². The van der Waals surface area contributed by atoms with E-state index in [1.165, 1.54) is 4.31 Å². The number of aryl methyl sites for hydroxylation is 2. The summed E-state index contributed by atoms with van der Waals surface area (Å²) in [5.74, 6) is -0.355. The molecule has 136 valence electrons. The van der Waals surface area contributed by atoms with Crippen LogP contribution >= 0.6 is 0 Å². The lowest BCUT2D eigenvalue weighted by Crippen LogP contribution is -2.33. The van der Waals surface area contributed by atoms with Gasteiger partial charge in [0, 0.05) is 13.0 Å². The molecule has 0 saturated heterocycles. The Kier molecular flexibility index (Phi) is 6.01. The number of para-hydroxylation sites is 1. The van der Waals surface area contributed by atoms with Gasteiger partial charge in [0.05, 0.1) is 23.2 Å². The molecule has 0 bridgehead atoms. The third kappa shape index (κ3) is 4.83. The summed E-state index contributed by atoms with van der Waals surface area (Å²) < 4.78 is 25.6. The zero-order valence-corrected chi connectivity index (χ0v) is 15.8. The largest absolute Gasteiger partial charge is 0.325 e. The molecule has 2 aromatic carbocycles. The topological polar surface area (TPSA) is 90.3 Å². The molecule has 1 N–H and O–H groups in total. The number of amides is 1. The summed E-state index contributed by atoms with van der Waals surface area (Å²) >= 11 is 0. The van der Waals surface area contributed by atoms with Crippen LogP contribution < -0.4 is 9.62 Å². The van der Waals surface area contributed by atoms with Gasteiger partial charge >= 0.3 is 0 Å². The van der Waals surface area contributed by atoms with E-state index in [0.29, 0.717) is 16.9 Å². The van der Waals surface area contributed by atoms with Gasteiger partial charge in [-0.1, -0.05) is 29.8 Å². The van der Waals surface area contributed by atoms with Crippen molar-refractivity contribution in [2.45, 2.75) is 20.3 Å². The molecule has 6 nitrogen and oxygen atoms in total. The molecule has 0 fully saturated rings. The molecule has 0 aliphatic rings. The molecule has 7 heteroatoms. The standard InChI is InChI=1S/C19H21N3O3S/c1-14-8-9-18(15(2)12-14)22(26(3,24)25)11-10-19(23)21-17-7-5-4-6-16(17)13-20/h4-9,12H,10-11H2,1-3H3,(H,21,23). The van der Waals surface area contributed by atoms with E-state index in [4.69, 9.17) is 5.26 Å². The fourth-order valence-corrected chi connectivity index (χ4v) is 3.64. The van der Waals surface area contributed by atoms with Crippen LogP contribution in [0.2, 0.25) is 0 Å². The van der Waals surface area contributed by atoms with Gasteiger partial charge in [0.2, 0.25) is 15.9 Å². The predicted octanol–water partition coefficient (Wildman–Crippen LogP) is 2.97. The highest BCUT2D eigenvalue weighted by molar-refractivity contribution is 7.92. The lowest BCUT2D eigenvalue weighted by molar-refractivity contribution is -0.116. The molecule has 0 heterocycles. The van der Waals surface area contributed by atoms with Crippen LogP contribution in [-0.4, -0.2) is 27.1 Å². The monoisotopic (exact) mass is 371 g/mol. The smallest absolute Gasteiger partial charge is 0.232 e. The minimum absolute atomic E-state index is 0.0172. The number of benzene rings is 2. The number of sulfonamides is 1. The van der Waals surface area contributed by atoms with E-state index in [9.17, 15) is 13.2 Å². The average Bonchev–Trinajstić information content (AvgIpc) is 2.56. The summed E-state index contributed by atoms with van der Waals surface area (Å²) in [6.45, 7) is 3.79. The number of anilines is 2. The summed E-state index contributed by atoms with van der Waals surface area (Å²) in [7, 11) is -3.53. The Balaban J connectivity index is 2.15. The van der Waals surface area contributed by atoms with Crippen LogP contribution in [0.3, 0.4) is 0 Å². The van der Waals surface area contributed by atoms with Crippen molar-refractivity contribution < 1.29 is 13.2 Å². The van der Waals surface area contributed by atoms with E-state index >= 15 is 0 Å². The quantitative estimate of drug-likeness (QED) is 0.845. The first-order valence-corrected chi connectivity index (χ1v) is 9.91. The van der Waals surface area contributed by atoms with Crippen molar-refractivity contribution in [3.05, 3.63) is 59.2 Å². The van der Waals surface area contributed by atoms with Crippen LogP contribution in [0.4, 0.5) is 11.4 Å². The van der Waals surface area contributed by atoms with Crippen LogP contribution in [0.5, 0.6) is 0 Å². The van der Waals surface area contributed by atoms with Crippen molar-refractivity contribution in [1.82, 2.24) is 0 Å². The average molecular weight is 371 g/mol. The van der Waals surface area contributed by atoms with Crippen LogP contribution in [0.25, 0.3) is 0 Å². The maximum atomic E-state index is 12.2. The summed E-state index contributed by atoms with van der Waals surface area (Å²) in [4.78, 5) is 12.2. The number of hydrogen-bond donors (Lipinski definition) is 1. The SMILES string of the molecule is Cc1ccc(N(CCC(=O)Nc2ccccc2C#N)S(C)(=O)=O)c(C)c1. The lowest BCUT2D eigenvalue weighted by Gasteiger charge is -2.24. The Bertz CT molecular complexity index is 962. The first-order chi connectivity index (χ1) is 12.2. The second-order valence-corrected chi connectivity index (χ2v) is 7.99. The number of nitrogens with zero attached hydrogens (tertiary/aromatic N) is 2. The maximum absolute atomic E-state index is 12.2. The molecule has 0 unspecified atom stereocenters. The molecule has 1 amide bonds. The minimum atomic E-state index is -3.53. The third-order valence-corrected chi connectivity index (χ3v) is 5.06. The highest BCUT2D eigenvalue weighted by Gasteiger charge is 2.20. The van der Waals surface area contributed by atoms with Crippen LogP contribution in [-0.2, 0) is 14.8 Å². The number of carbonyl (C=O) groups is 1. The van der Waals surface area contributed by atoms with Gasteiger partial charge in [-0.05, 0) is 37.6 Å². The number of nitrogens with one attached hydrogen (secondary N) is 1. The minimum Gasteiger partial charge on any atom is -0.325 e. The van der Waals surface area contributed by atoms with Crippen LogP contribution in [0, 0.1) is 25.2 Å². The summed E-state index contributed by atoms with van der Waals surface area (Å²) in [6.07, 6.45) is 1.09. The first-order valence-electron chi connectivity index (χ1n) is 8.06. The number of hydrogen-bond acceptors (Lipinski definition) is 4. The molecular weight excluding hydrogens is 350 g/mol. The molecule has 2 aromatic rings. The van der Waals surface area contributed by atoms with E-state index in [2.05, 4.69) is 5.32 Å². The molecular formula is C19H21N3O3S. The third-order valence-electron chi connectivity index (χ3n) is 3.88. The summed E-state index contributed by atoms with van der Waals surface area (Å²) in [5.41, 5.74) is 3.19. The second-order valence-electron chi connectivity index (χ2n) is 6.08. The van der Waals surface area contributed by atoms with E-state index in [0.717, 1.165) is 17.4 Å². The molecule has 0 radical (unpaired) electrons. The Labute approximate surface area is 154 Å². The van der Waals surface area contributed by atoms with Crippen LogP contribution in [0.1, 0.15) is 23.1 Å². The van der Waals surface area contributed by atoms with Crippen molar-refractivity contribution >= 4 is 27.3 Å². The molecule has 0 aliphatic carbocycles. The number of nitriles is 1. The van der Waals surface area contributed by atoms with Gasteiger partial charge in [0.15, 0.2) is 0 Å². The highest BCUT2D eigenvalue weighted by atomic mass is 32.2. The maximum Gasteiger partial charge on any atom is 0.232 e. The van der Waals surface area contributed by atoms with Gasteiger partial charge in [0.1, 0.15) is 6.07 Å². The second kappa shape index (κ2) is 8.02. The molecule has 0 spiro atoms.